The number of hydrogen-bond acceptors (Lipinski definition) is 2. The molecule has 0 fully saturated rings. The molecule has 0 amide bonds. The molecule has 0 bridgehead atoms. The van der Waals surface area contributed by atoms with Gasteiger partial charge in [0, 0.05) is 27.2 Å². The summed E-state index contributed by atoms with van der Waals surface area (Å²) in [5.41, 5.74) is 29.1. The van der Waals surface area contributed by atoms with Crippen molar-refractivity contribution in [1.82, 2.24) is 0 Å². The van der Waals surface area contributed by atoms with Gasteiger partial charge in [-0.15, -0.1) is 12.6 Å². The Hall–Kier alpha value is -6.81. The molecule has 0 heterocycles. The predicted molar refractivity (Wildman–Crippen MR) is 312 cm³/mol. The van der Waals surface area contributed by atoms with Crippen LogP contribution < -0.4 is 16.2 Å². The van der Waals surface area contributed by atoms with Gasteiger partial charge in [0.05, 0.1) is 5.41 Å². The van der Waals surface area contributed by atoms with E-state index < -0.39 is 5.41 Å². The molecule has 0 saturated carbocycles. The summed E-state index contributed by atoms with van der Waals surface area (Å²) < 4.78 is 0. The van der Waals surface area contributed by atoms with Crippen molar-refractivity contribution in [3.8, 4) is 44.5 Å². The first-order chi connectivity index (χ1) is 34.6. The number of thiol groups is 1. The summed E-state index contributed by atoms with van der Waals surface area (Å²) in [6, 6.07) is 68.9. The van der Waals surface area contributed by atoms with Gasteiger partial charge in [-0.25, -0.2) is 0 Å². The summed E-state index contributed by atoms with van der Waals surface area (Å²) in [6.07, 6.45) is 2.35. The van der Waals surface area contributed by atoms with Gasteiger partial charge in [-0.3, -0.25) is 0 Å². The third-order valence-electron chi connectivity index (χ3n) is 17.6. The van der Waals surface area contributed by atoms with Gasteiger partial charge in [0.25, 0.3) is 0 Å². The fraction of sp³-hybridized carbons (Fsp3) is 0.217. The van der Waals surface area contributed by atoms with Gasteiger partial charge in [-0.05, 0) is 169 Å². The van der Waals surface area contributed by atoms with Crippen LogP contribution >= 0.6 is 12.6 Å². The van der Waals surface area contributed by atoms with Gasteiger partial charge < -0.3 is 5.32 Å². The average Bonchev–Trinajstić information content (AvgIpc) is 3.80. The zero-order valence-electron chi connectivity index (χ0n) is 43.4. The third kappa shape index (κ3) is 6.98. The van der Waals surface area contributed by atoms with E-state index in [1.165, 1.54) is 124 Å². The summed E-state index contributed by atoms with van der Waals surface area (Å²) in [4.78, 5) is 1.02. The van der Waals surface area contributed by atoms with Crippen LogP contribution in [0.5, 0.6) is 0 Å². The highest BCUT2D eigenvalue weighted by Crippen LogP contribution is 2.58. The fourth-order valence-corrected chi connectivity index (χ4v) is 13.8. The van der Waals surface area contributed by atoms with Crippen LogP contribution in [0, 0.1) is 20.8 Å². The minimum atomic E-state index is -0.501. The molecule has 9 aromatic rings. The topological polar surface area (TPSA) is 12.0 Å². The van der Waals surface area contributed by atoms with Crippen molar-refractivity contribution < 1.29 is 0 Å². The molecule has 12 rings (SSSR count). The number of fused-ring (bicyclic) bond motifs is 7. The van der Waals surface area contributed by atoms with Crippen LogP contribution in [0.25, 0.3) is 44.5 Å². The molecule has 0 saturated heterocycles. The van der Waals surface area contributed by atoms with Crippen LogP contribution in [0.4, 0.5) is 11.4 Å². The highest BCUT2D eigenvalue weighted by atomic mass is 32.1. The van der Waals surface area contributed by atoms with Crippen LogP contribution in [-0.4, -0.2) is 7.28 Å². The zero-order chi connectivity index (χ0) is 49.9. The second-order valence-electron chi connectivity index (χ2n) is 23.0. The second-order valence-corrected chi connectivity index (χ2v) is 23.4. The zero-order valence-corrected chi connectivity index (χ0v) is 44.3. The first kappa shape index (κ1) is 46.3. The highest BCUT2D eigenvalue weighted by Gasteiger charge is 2.48. The van der Waals surface area contributed by atoms with E-state index in [-0.39, 0.29) is 16.2 Å². The Morgan fingerprint density at radius 1 is 0.417 bits per heavy atom. The largest absolute Gasteiger partial charge is 0.355 e. The van der Waals surface area contributed by atoms with Crippen LogP contribution in [0.15, 0.2) is 187 Å². The van der Waals surface area contributed by atoms with Crippen molar-refractivity contribution >= 4 is 42.2 Å². The molecule has 0 radical (unpaired) electrons. The molecule has 0 aliphatic heterocycles. The van der Waals surface area contributed by atoms with E-state index in [9.17, 15) is 0 Å². The molecule has 0 aromatic heterocycles. The van der Waals surface area contributed by atoms with Gasteiger partial charge in [0.1, 0.15) is 0 Å². The molecule has 9 aromatic carbocycles. The normalized spacial score (nSPS) is 16.0. The Kier molecular flexibility index (Phi) is 10.9. The molecule has 72 heavy (non-hydrogen) atoms. The van der Waals surface area contributed by atoms with Crippen molar-refractivity contribution in [2.75, 3.05) is 5.32 Å². The molecule has 0 unspecified atom stereocenters. The minimum Gasteiger partial charge on any atom is -0.355 e. The summed E-state index contributed by atoms with van der Waals surface area (Å²) in [5, 5.41) is 4.14. The molecule has 0 atom stereocenters. The Bertz CT molecular complexity index is 3620. The quantitative estimate of drug-likeness (QED) is 0.114. The number of benzene rings is 9. The molecule has 1 nitrogen and oxygen atoms in total. The number of nitrogens with one attached hydrogen (secondary N) is 1. The molecule has 3 aliphatic carbocycles. The van der Waals surface area contributed by atoms with Gasteiger partial charge in [0.2, 0.25) is 0 Å². The Morgan fingerprint density at radius 3 is 1.65 bits per heavy atom. The number of rotatable bonds is 8. The van der Waals surface area contributed by atoms with Gasteiger partial charge >= 0.3 is 0 Å². The Labute approximate surface area is 434 Å². The van der Waals surface area contributed by atoms with E-state index in [2.05, 4.69) is 250 Å². The van der Waals surface area contributed by atoms with Crippen molar-refractivity contribution in [2.45, 2.75) is 102 Å². The van der Waals surface area contributed by atoms with E-state index in [1.54, 1.807) is 0 Å². The summed E-state index contributed by atoms with van der Waals surface area (Å²) >= 11 is 5.46. The van der Waals surface area contributed by atoms with Crippen molar-refractivity contribution in [1.29, 1.82) is 0 Å². The summed E-state index contributed by atoms with van der Waals surface area (Å²) in [7, 11) is 0.735. The Balaban J connectivity index is 1.10. The SMILES string of the molecule is Cc1ccccc1C1(c2cccc(Bc3c(-c4cc5c(cc4Nc4ccc6c(c4)C(C)(C)CCC6(C)C)-c4ccccc4C5(C)C)cc(-c4ccccc4)c(S)c3C)c2C)c2ccccc2-c2ccccc21. The van der Waals surface area contributed by atoms with Gasteiger partial charge in [0.15, 0.2) is 7.28 Å². The molecule has 0 spiro atoms. The van der Waals surface area contributed by atoms with Crippen LogP contribution in [0.3, 0.4) is 0 Å². The average molecular weight is 950 g/mol. The third-order valence-corrected chi connectivity index (χ3v) is 18.2. The van der Waals surface area contributed by atoms with Crippen molar-refractivity contribution in [2.24, 2.45) is 0 Å². The van der Waals surface area contributed by atoms with E-state index in [4.69, 9.17) is 12.6 Å². The van der Waals surface area contributed by atoms with E-state index in [0.717, 1.165) is 29.1 Å². The van der Waals surface area contributed by atoms with E-state index >= 15 is 0 Å². The maximum atomic E-state index is 5.46. The standard InChI is InChI=1S/C69H64BNS/c1-42-22-13-17-28-54(42)69(57-30-19-15-25-47(57)48-26-16-20-31-58(48)69)55-32-21-33-62(43(55)2)70-64-44(3)65(72)50(45-23-11-10-12-24-45)39-53(64)52-40-60-51(49-27-14-18-29-56(49)68(60,8)9)41-63(52)71-46-34-35-59-61(38-46)67(6,7)37-36-66(59,4)5/h10-35,38-41,70-72H,36-37H2,1-9H3. The van der Waals surface area contributed by atoms with Crippen LogP contribution in [0.1, 0.15) is 116 Å². The molecular formula is C69H64BNS. The molecule has 3 heteroatoms. The van der Waals surface area contributed by atoms with E-state index in [0.29, 0.717) is 0 Å². The monoisotopic (exact) mass is 949 g/mol. The van der Waals surface area contributed by atoms with Crippen molar-refractivity contribution in [3.05, 3.63) is 243 Å². The summed E-state index contributed by atoms with van der Waals surface area (Å²) in [5.74, 6) is 0. The second kappa shape index (κ2) is 16.9. The number of aryl methyl sites for hydroxylation is 1. The molecule has 354 valence electrons. The Morgan fingerprint density at radius 2 is 0.986 bits per heavy atom. The molecular weight excluding hydrogens is 886 g/mol. The lowest BCUT2D eigenvalue weighted by Crippen LogP contribution is -2.37. The van der Waals surface area contributed by atoms with Gasteiger partial charge in [-0.2, -0.15) is 0 Å². The van der Waals surface area contributed by atoms with Crippen molar-refractivity contribution in [3.63, 3.8) is 0 Å². The first-order valence-electron chi connectivity index (χ1n) is 26.1. The lowest BCUT2D eigenvalue weighted by atomic mass is 9.56. The molecule has 3 aliphatic rings. The predicted octanol–water partition coefficient (Wildman–Crippen LogP) is 16.4. The number of hydrogen-bond donors (Lipinski definition) is 2. The fourth-order valence-electron chi connectivity index (χ4n) is 13.5. The maximum absolute atomic E-state index is 5.46. The van der Waals surface area contributed by atoms with Crippen LogP contribution in [0.2, 0.25) is 0 Å². The lowest BCUT2D eigenvalue weighted by molar-refractivity contribution is 0.332. The van der Waals surface area contributed by atoms with Gasteiger partial charge in [-0.1, -0.05) is 210 Å². The minimum absolute atomic E-state index is 0.0797. The van der Waals surface area contributed by atoms with Crippen LogP contribution in [-0.2, 0) is 21.7 Å². The molecule has 1 N–H and O–H groups in total. The maximum Gasteiger partial charge on any atom is 0.193 e. The lowest BCUT2D eigenvalue weighted by Gasteiger charge is -2.42. The number of anilines is 2. The van der Waals surface area contributed by atoms with E-state index in [1.807, 2.05) is 0 Å². The smallest absolute Gasteiger partial charge is 0.193 e. The highest BCUT2D eigenvalue weighted by molar-refractivity contribution is 7.80. The summed E-state index contributed by atoms with van der Waals surface area (Å²) in [6.45, 7) is 21.4. The first-order valence-corrected chi connectivity index (χ1v) is 26.5.